The molecular weight excluding hydrogens is 369 g/mol. The van der Waals surface area contributed by atoms with Crippen LogP contribution in [-0.2, 0) is 0 Å². The van der Waals surface area contributed by atoms with Crippen LogP contribution in [0.15, 0.2) is 46.9 Å². The van der Waals surface area contributed by atoms with Gasteiger partial charge in [0.25, 0.3) is 5.91 Å². The van der Waals surface area contributed by atoms with Gasteiger partial charge in [0.2, 0.25) is 0 Å². The number of fused-ring (bicyclic) bond motifs is 1. The summed E-state index contributed by atoms with van der Waals surface area (Å²) in [6.07, 6.45) is 4.55. The second-order valence-electron chi connectivity index (χ2n) is 8.03. The number of amides is 1. The molecule has 0 unspecified atom stereocenters. The second kappa shape index (κ2) is 7.59. The van der Waals surface area contributed by atoms with Crippen molar-refractivity contribution in [2.45, 2.75) is 37.6 Å². The number of rotatable bonds is 6. The molecule has 5 rings (SSSR count). The van der Waals surface area contributed by atoms with Gasteiger partial charge in [-0.25, -0.2) is 9.37 Å². The zero-order chi connectivity index (χ0) is 19.8. The highest BCUT2D eigenvalue weighted by Crippen LogP contribution is 2.40. The van der Waals surface area contributed by atoms with Gasteiger partial charge in [0.05, 0.1) is 6.04 Å². The lowest BCUT2D eigenvalue weighted by Gasteiger charge is -2.28. The maximum absolute atomic E-state index is 13.3. The molecule has 1 aliphatic carbocycles. The van der Waals surface area contributed by atoms with Gasteiger partial charge in [0.15, 0.2) is 11.5 Å². The van der Waals surface area contributed by atoms with Crippen molar-refractivity contribution in [2.24, 2.45) is 0 Å². The summed E-state index contributed by atoms with van der Waals surface area (Å²) in [5.74, 6) is 0.839. The summed E-state index contributed by atoms with van der Waals surface area (Å²) in [4.78, 5) is 19.7. The highest BCUT2D eigenvalue weighted by atomic mass is 19.1. The maximum Gasteiger partial charge on any atom is 0.251 e. The van der Waals surface area contributed by atoms with Crippen molar-refractivity contribution in [1.29, 1.82) is 0 Å². The van der Waals surface area contributed by atoms with Gasteiger partial charge in [-0.1, -0.05) is 12.1 Å². The highest BCUT2D eigenvalue weighted by molar-refractivity contribution is 5.97. The number of halogens is 1. The lowest BCUT2D eigenvalue weighted by molar-refractivity contribution is 0.0938. The van der Waals surface area contributed by atoms with E-state index in [1.165, 1.54) is 12.1 Å². The van der Waals surface area contributed by atoms with Crippen LogP contribution in [0.2, 0.25) is 0 Å². The predicted octanol–water partition coefficient (Wildman–Crippen LogP) is 4.41. The molecule has 5 nitrogen and oxygen atoms in total. The van der Waals surface area contributed by atoms with Crippen molar-refractivity contribution in [1.82, 2.24) is 15.2 Å². The minimum atomic E-state index is -0.246. The van der Waals surface area contributed by atoms with Gasteiger partial charge in [-0.3, -0.25) is 9.69 Å². The lowest BCUT2D eigenvalue weighted by atomic mass is 10.0. The van der Waals surface area contributed by atoms with E-state index in [4.69, 9.17) is 4.42 Å². The first kappa shape index (κ1) is 18.3. The first-order valence-electron chi connectivity index (χ1n) is 10.4. The van der Waals surface area contributed by atoms with Crippen LogP contribution in [0.25, 0.3) is 11.1 Å². The molecule has 2 fully saturated rings. The minimum absolute atomic E-state index is 0.0394. The van der Waals surface area contributed by atoms with E-state index in [1.807, 2.05) is 18.2 Å². The van der Waals surface area contributed by atoms with Gasteiger partial charge in [-0.05, 0) is 74.7 Å². The monoisotopic (exact) mass is 393 g/mol. The van der Waals surface area contributed by atoms with Crippen molar-refractivity contribution in [3.63, 3.8) is 0 Å². The van der Waals surface area contributed by atoms with Gasteiger partial charge < -0.3 is 9.73 Å². The molecule has 1 saturated heterocycles. The van der Waals surface area contributed by atoms with Crippen molar-refractivity contribution in [2.75, 3.05) is 19.6 Å². The van der Waals surface area contributed by atoms with Crippen LogP contribution in [0.4, 0.5) is 4.39 Å². The minimum Gasteiger partial charge on any atom is -0.440 e. The Morgan fingerprint density at radius 3 is 2.66 bits per heavy atom. The predicted molar refractivity (Wildman–Crippen MR) is 108 cm³/mol. The summed E-state index contributed by atoms with van der Waals surface area (Å²) in [7, 11) is 0. The Morgan fingerprint density at radius 1 is 1.17 bits per heavy atom. The van der Waals surface area contributed by atoms with Gasteiger partial charge in [0.1, 0.15) is 11.3 Å². The Kier molecular flexibility index (Phi) is 4.79. The number of carbonyl (C=O) groups excluding carboxylic acids is 1. The number of carbonyl (C=O) groups is 1. The quantitative estimate of drug-likeness (QED) is 0.674. The maximum atomic E-state index is 13.3. The molecule has 1 amide bonds. The summed E-state index contributed by atoms with van der Waals surface area (Å²) in [6.45, 7) is 2.46. The third-order valence-electron chi connectivity index (χ3n) is 5.89. The van der Waals surface area contributed by atoms with Crippen LogP contribution in [-0.4, -0.2) is 35.4 Å². The van der Waals surface area contributed by atoms with E-state index in [0.717, 1.165) is 55.7 Å². The molecule has 6 heteroatoms. The molecule has 0 radical (unpaired) electrons. The summed E-state index contributed by atoms with van der Waals surface area (Å²) < 4.78 is 19.2. The van der Waals surface area contributed by atoms with Crippen molar-refractivity contribution in [3.8, 4) is 0 Å². The number of nitrogens with one attached hydrogen (secondary N) is 1. The molecule has 1 aromatic heterocycles. The Bertz CT molecular complexity index is 1020. The summed E-state index contributed by atoms with van der Waals surface area (Å²) >= 11 is 0. The Balaban J connectivity index is 1.31. The molecule has 2 aliphatic rings. The first-order valence-corrected chi connectivity index (χ1v) is 10.4. The van der Waals surface area contributed by atoms with Gasteiger partial charge >= 0.3 is 0 Å². The zero-order valence-corrected chi connectivity index (χ0v) is 16.2. The number of nitrogens with zero attached hydrogens (tertiary/aromatic N) is 2. The normalized spacial score (nSPS) is 18.2. The summed E-state index contributed by atoms with van der Waals surface area (Å²) in [6, 6.07) is 12.0. The van der Waals surface area contributed by atoms with E-state index >= 15 is 0 Å². The fraction of sp³-hybridized carbons (Fsp3) is 0.391. The topological polar surface area (TPSA) is 58.4 Å². The van der Waals surface area contributed by atoms with E-state index in [-0.39, 0.29) is 17.8 Å². The Morgan fingerprint density at radius 2 is 1.93 bits per heavy atom. The molecule has 0 spiro atoms. The molecule has 3 aromatic rings. The largest absolute Gasteiger partial charge is 0.440 e. The van der Waals surface area contributed by atoms with Crippen LogP contribution >= 0.6 is 0 Å². The SMILES string of the molecule is O=C(NC[C@H](c1ccc(F)cc1)N1CCCC1)c1ccc2nc(C3CC3)oc2c1. The molecule has 150 valence electrons. The summed E-state index contributed by atoms with van der Waals surface area (Å²) in [5.41, 5.74) is 3.04. The van der Waals surface area contributed by atoms with Crippen molar-refractivity contribution < 1.29 is 13.6 Å². The number of hydrogen-bond donors (Lipinski definition) is 1. The molecular formula is C23H24FN3O2. The van der Waals surface area contributed by atoms with Crippen LogP contribution in [0.1, 0.15) is 59.5 Å². The molecule has 1 saturated carbocycles. The third-order valence-corrected chi connectivity index (χ3v) is 5.89. The number of hydrogen-bond acceptors (Lipinski definition) is 4. The first-order chi connectivity index (χ1) is 14.2. The van der Waals surface area contributed by atoms with Crippen LogP contribution in [0, 0.1) is 5.82 Å². The van der Waals surface area contributed by atoms with Crippen LogP contribution in [0.3, 0.4) is 0 Å². The van der Waals surface area contributed by atoms with E-state index in [2.05, 4.69) is 15.2 Å². The lowest BCUT2D eigenvalue weighted by Crippen LogP contribution is -2.36. The average molecular weight is 393 g/mol. The van der Waals surface area contributed by atoms with Gasteiger partial charge in [-0.2, -0.15) is 0 Å². The van der Waals surface area contributed by atoms with E-state index in [0.29, 0.717) is 23.6 Å². The van der Waals surface area contributed by atoms with Gasteiger partial charge in [-0.15, -0.1) is 0 Å². The molecule has 2 aromatic carbocycles. The van der Waals surface area contributed by atoms with Crippen molar-refractivity contribution in [3.05, 3.63) is 65.3 Å². The molecule has 0 bridgehead atoms. The number of benzene rings is 2. The molecule has 1 N–H and O–H groups in total. The van der Waals surface area contributed by atoms with E-state index in [1.54, 1.807) is 12.1 Å². The standard InChI is InChI=1S/C23H24FN3O2/c24-18-8-5-15(6-9-18)20(27-11-1-2-12-27)14-25-22(28)17-7-10-19-21(13-17)29-23(26-19)16-3-4-16/h5-10,13,16,20H,1-4,11-12,14H2,(H,25,28)/t20-/m1/s1. The fourth-order valence-corrected chi connectivity index (χ4v) is 4.08. The van der Waals surface area contributed by atoms with Crippen LogP contribution < -0.4 is 5.32 Å². The fourth-order valence-electron chi connectivity index (χ4n) is 4.08. The third kappa shape index (κ3) is 3.90. The summed E-state index contributed by atoms with van der Waals surface area (Å²) in [5, 5.41) is 3.06. The molecule has 1 aliphatic heterocycles. The van der Waals surface area contributed by atoms with Gasteiger partial charge in [0, 0.05) is 18.0 Å². The van der Waals surface area contributed by atoms with E-state index < -0.39 is 0 Å². The smallest absolute Gasteiger partial charge is 0.251 e. The van der Waals surface area contributed by atoms with Crippen molar-refractivity contribution >= 4 is 17.0 Å². The zero-order valence-electron chi connectivity index (χ0n) is 16.2. The highest BCUT2D eigenvalue weighted by Gasteiger charge is 2.29. The van der Waals surface area contributed by atoms with Crippen LogP contribution in [0.5, 0.6) is 0 Å². The second-order valence-corrected chi connectivity index (χ2v) is 8.03. The van der Waals surface area contributed by atoms with E-state index in [9.17, 15) is 9.18 Å². The number of aromatic nitrogens is 1. The molecule has 2 heterocycles. The molecule has 1 atom stereocenters. The number of oxazole rings is 1. The number of likely N-dealkylation sites (tertiary alicyclic amines) is 1. The Labute approximate surface area is 168 Å². The average Bonchev–Trinajstić information content (AvgIpc) is 3.27. The molecule has 29 heavy (non-hydrogen) atoms. The Hall–Kier alpha value is -2.73.